The van der Waals surface area contributed by atoms with Gasteiger partial charge in [0.25, 0.3) is 0 Å². The number of rotatable bonds is 0. The molecule has 7 rings (SSSR count). The molecule has 0 amide bonds. The van der Waals surface area contributed by atoms with Crippen LogP contribution in [0, 0.1) is 0 Å². The molecule has 0 aliphatic heterocycles. The Labute approximate surface area is 238 Å². The van der Waals surface area contributed by atoms with Gasteiger partial charge in [-0.1, -0.05) is 72.8 Å². The summed E-state index contributed by atoms with van der Waals surface area (Å²) in [4.78, 5) is 18.9. The summed E-state index contributed by atoms with van der Waals surface area (Å²) in [6.45, 7) is 0. The first-order valence-electron chi connectivity index (χ1n) is 11.3. The minimum Gasteiger partial charge on any atom is -0.781 e. The first-order chi connectivity index (χ1) is 17.7. The van der Waals surface area contributed by atoms with Gasteiger partial charge < -0.3 is 25.3 Å². The fourth-order valence-electron chi connectivity index (χ4n) is 3.81. The van der Waals surface area contributed by atoms with Crippen molar-refractivity contribution in [3.8, 4) is 0 Å². The summed E-state index contributed by atoms with van der Waals surface area (Å²) in [7, 11) is 0. The van der Waals surface area contributed by atoms with Gasteiger partial charge in [-0.25, -0.2) is 0 Å². The van der Waals surface area contributed by atoms with Crippen molar-refractivity contribution in [2.75, 3.05) is 0 Å². The topological polar surface area (TPSA) is 51.6 Å². The third-order valence-electron chi connectivity index (χ3n) is 5.54. The van der Waals surface area contributed by atoms with E-state index < -0.39 is 0 Å². The van der Waals surface area contributed by atoms with Crippen molar-refractivity contribution >= 4 is 68.9 Å². The minimum atomic E-state index is 0. The third-order valence-corrected chi connectivity index (χ3v) is 6.38. The van der Waals surface area contributed by atoms with Crippen LogP contribution in [0.15, 0.2) is 132 Å². The van der Waals surface area contributed by atoms with E-state index in [2.05, 4.69) is 68.5 Å². The Morgan fingerprint density at radius 2 is 0.622 bits per heavy atom. The molecule has 4 aromatic heterocycles. The molecular weight excluding hydrogens is 582 g/mol. The average molecular weight is 602 g/mol. The molecular formula is C30H20N4RuS2. The Kier molecular flexibility index (Phi) is 8.96. The quantitative estimate of drug-likeness (QED) is 0.105. The summed E-state index contributed by atoms with van der Waals surface area (Å²) in [5.74, 6) is 0. The minimum absolute atomic E-state index is 0. The van der Waals surface area contributed by atoms with Crippen molar-refractivity contribution in [3.63, 3.8) is 0 Å². The molecule has 0 radical (unpaired) electrons. The molecule has 0 bridgehead atoms. The van der Waals surface area contributed by atoms with E-state index in [0.29, 0.717) is 0 Å². The number of pyridine rings is 4. The smallest absolute Gasteiger partial charge is 0.781 e. The predicted molar refractivity (Wildman–Crippen MR) is 152 cm³/mol. The van der Waals surface area contributed by atoms with Crippen LogP contribution in [0.4, 0.5) is 0 Å². The first kappa shape index (κ1) is 26.4. The Morgan fingerprint density at radius 3 is 0.865 bits per heavy atom. The van der Waals surface area contributed by atoms with Crippen molar-refractivity contribution in [3.05, 3.63) is 122 Å². The molecule has 0 N–H and O–H groups in total. The van der Waals surface area contributed by atoms with Gasteiger partial charge in [0.1, 0.15) is 0 Å². The molecule has 7 heteroatoms. The van der Waals surface area contributed by atoms with Gasteiger partial charge in [-0.3, -0.25) is 19.9 Å². The molecule has 37 heavy (non-hydrogen) atoms. The van der Waals surface area contributed by atoms with Crippen LogP contribution in [0.2, 0.25) is 0 Å². The van der Waals surface area contributed by atoms with Crippen LogP contribution < -0.4 is 0 Å². The van der Waals surface area contributed by atoms with Gasteiger partial charge in [0.05, 0.1) is 22.1 Å². The summed E-state index contributed by atoms with van der Waals surface area (Å²) in [5.41, 5.74) is 3.91. The monoisotopic (exact) mass is 602 g/mol. The predicted octanol–water partition coefficient (Wildman–Crippen LogP) is 7.06. The number of fused-ring (bicyclic) bond motifs is 6. The normalized spacial score (nSPS) is 10.2. The van der Waals surface area contributed by atoms with Gasteiger partial charge in [-0.05, 0) is 24.3 Å². The van der Waals surface area contributed by atoms with Crippen LogP contribution in [0.1, 0.15) is 0 Å². The molecule has 0 spiro atoms. The second-order valence-electron chi connectivity index (χ2n) is 7.88. The van der Waals surface area contributed by atoms with E-state index >= 15 is 0 Å². The number of hydrogen-bond donors (Lipinski definition) is 0. The van der Waals surface area contributed by atoms with Gasteiger partial charge in [-0.15, -0.1) is 0 Å². The van der Waals surface area contributed by atoms with Crippen molar-refractivity contribution in [2.24, 2.45) is 0 Å². The summed E-state index contributed by atoms with van der Waals surface area (Å²) < 4.78 is 0. The molecule has 0 saturated carbocycles. The van der Waals surface area contributed by atoms with E-state index in [1.165, 1.54) is 0 Å². The maximum Gasteiger partial charge on any atom is 2.00 e. The summed E-state index contributed by atoms with van der Waals surface area (Å²) in [6, 6.07) is 31.7. The largest absolute Gasteiger partial charge is 2.00 e. The van der Waals surface area contributed by atoms with Gasteiger partial charge in [-0.2, -0.15) is 9.79 Å². The number of benzene rings is 3. The van der Waals surface area contributed by atoms with Crippen molar-refractivity contribution < 1.29 is 19.5 Å². The number of nitrogens with zero attached hydrogens (tertiary/aromatic N) is 4. The van der Waals surface area contributed by atoms with Crippen molar-refractivity contribution in [1.82, 2.24) is 19.9 Å². The Hall–Kier alpha value is -3.64. The van der Waals surface area contributed by atoms with E-state index in [1.54, 1.807) is 24.8 Å². The fourth-order valence-corrected chi connectivity index (χ4v) is 4.10. The molecule has 0 fully saturated rings. The summed E-state index contributed by atoms with van der Waals surface area (Å²) in [6.07, 6.45) is 7.21. The Balaban J connectivity index is 0.000000133. The molecule has 0 saturated heterocycles. The molecule has 4 heterocycles. The first-order valence-corrected chi connectivity index (χ1v) is 12.1. The summed E-state index contributed by atoms with van der Waals surface area (Å²) >= 11 is 9.70. The van der Waals surface area contributed by atoms with Gasteiger partial charge in [0.2, 0.25) is 0 Å². The maximum absolute atomic E-state index is 4.85. The van der Waals surface area contributed by atoms with Crippen LogP contribution in [-0.4, -0.2) is 19.9 Å². The van der Waals surface area contributed by atoms with Crippen LogP contribution in [0.3, 0.4) is 0 Å². The third kappa shape index (κ3) is 6.20. The van der Waals surface area contributed by atoms with Gasteiger partial charge >= 0.3 is 19.5 Å². The van der Waals surface area contributed by atoms with Crippen LogP contribution in [0.25, 0.3) is 43.6 Å². The van der Waals surface area contributed by atoms with E-state index in [1.807, 2.05) is 48.5 Å². The molecule has 0 atom stereocenters. The molecule has 3 aromatic carbocycles. The van der Waals surface area contributed by atoms with E-state index in [9.17, 15) is 0 Å². The molecule has 180 valence electrons. The second-order valence-corrected chi connectivity index (χ2v) is 8.76. The number of hydrogen-bond acceptors (Lipinski definition) is 6. The average Bonchev–Trinajstić information content (AvgIpc) is 2.95. The molecule has 4 nitrogen and oxygen atoms in total. The van der Waals surface area contributed by atoms with E-state index in [-0.39, 0.29) is 19.5 Å². The van der Waals surface area contributed by atoms with Crippen molar-refractivity contribution in [2.45, 2.75) is 9.79 Å². The molecule has 0 unspecified atom stereocenters. The van der Waals surface area contributed by atoms with Crippen LogP contribution in [-0.2, 0) is 44.7 Å². The zero-order valence-electron chi connectivity index (χ0n) is 19.5. The SMILES string of the molecule is [Ru+2].[S-]c1ccccc1[S-].c1cnc2c(c1)ccc1cccnc12.c1cnc2c(c1)ccc1cccnc12. The molecule has 7 aromatic rings. The number of aromatic nitrogens is 4. The molecule has 0 aliphatic carbocycles. The zero-order chi connectivity index (χ0) is 24.7. The standard InChI is InChI=1S/2C12H8N2.C6H6S2.Ru/c2*1-3-9-5-6-10-4-2-8-14-12(10)11(9)13-7-1;7-5-3-1-2-4-6(5)8;/h2*1-8H;1-4,7-8H;/q;;;+2/p-2. The second kappa shape index (κ2) is 12.6. The maximum atomic E-state index is 4.85. The van der Waals surface area contributed by atoms with Crippen LogP contribution >= 0.6 is 0 Å². The fraction of sp³-hybridized carbons (Fsp3) is 0. The van der Waals surface area contributed by atoms with Gasteiger partial charge in [0.15, 0.2) is 0 Å². The van der Waals surface area contributed by atoms with Crippen molar-refractivity contribution in [1.29, 1.82) is 0 Å². The van der Waals surface area contributed by atoms with Crippen LogP contribution in [0.5, 0.6) is 0 Å². The van der Waals surface area contributed by atoms with E-state index in [0.717, 1.165) is 53.4 Å². The zero-order valence-corrected chi connectivity index (χ0v) is 22.9. The Bertz CT molecular complexity index is 1550. The Morgan fingerprint density at radius 1 is 0.351 bits per heavy atom. The molecule has 0 aliphatic rings. The summed E-state index contributed by atoms with van der Waals surface area (Å²) in [5, 5.41) is 4.55. The van der Waals surface area contributed by atoms with Gasteiger partial charge in [0, 0.05) is 46.3 Å². The van der Waals surface area contributed by atoms with E-state index in [4.69, 9.17) is 25.3 Å².